The number of hydrogen-bond acceptors (Lipinski definition) is 3. The van der Waals surface area contributed by atoms with Crippen molar-refractivity contribution < 1.29 is 4.74 Å². The van der Waals surface area contributed by atoms with Gasteiger partial charge in [0.1, 0.15) is 0 Å². The molecule has 1 unspecified atom stereocenters. The highest BCUT2D eigenvalue weighted by Crippen LogP contribution is 2.24. The number of nitriles is 1. The van der Waals surface area contributed by atoms with Crippen LogP contribution in [0.1, 0.15) is 13.8 Å². The fourth-order valence-electron chi connectivity index (χ4n) is 1.55. The van der Waals surface area contributed by atoms with Crippen molar-refractivity contribution in [3.05, 3.63) is 29.3 Å². The lowest BCUT2D eigenvalue weighted by molar-refractivity contribution is 0.144. The zero-order chi connectivity index (χ0) is 12.9. The molecule has 0 amide bonds. The van der Waals surface area contributed by atoms with E-state index < -0.39 is 5.54 Å². The number of rotatable bonds is 5. The molecule has 0 radical (unpaired) electrons. The average molecular weight is 253 g/mol. The van der Waals surface area contributed by atoms with Crippen LogP contribution in [0.3, 0.4) is 0 Å². The van der Waals surface area contributed by atoms with Gasteiger partial charge in [-0.05, 0) is 30.2 Å². The average Bonchev–Trinajstić information content (AvgIpc) is 2.31. The zero-order valence-corrected chi connectivity index (χ0v) is 11.1. The van der Waals surface area contributed by atoms with Crippen molar-refractivity contribution in [2.24, 2.45) is 5.92 Å². The predicted octanol–water partition coefficient (Wildman–Crippen LogP) is 3.32. The van der Waals surface area contributed by atoms with E-state index in [-0.39, 0.29) is 5.92 Å². The van der Waals surface area contributed by atoms with E-state index >= 15 is 0 Å². The molecule has 1 aromatic rings. The van der Waals surface area contributed by atoms with E-state index in [4.69, 9.17) is 16.3 Å². The molecule has 17 heavy (non-hydrogen) atoms. The van der Waals surface area contributed by atoms with E-state index in [0.29, 0.717) is 11.6 Å². The second-order valence-corrected chi connectivity index (χ2v) is 4.74. The highest BCUT2D eigenvalue weighted by atomic mass is 35.5. The smallest absolute Gasteiger partial charge is 0.151 e. The number of benzene rings is 1. The molecule has 0 aliphatic rings. The number of ether oxygens (including phenoxy) is 1. The summed E-state index contributed by atoms with van der Waals surface area (Å²) in [6.07, 6.45) is 0. The van der Waals surface area contributed by atoms with E-state index in [2.05, 4.69) is 11.4 Å². The Bertz CT molecular complexity index is 397. The molecule has 0 heterocycles. The molecule has 1 aromatic carbocycles. The molecule has 0 spiro atoms. The van der Waals surface area contributed by atoms with Crippen LogP contribution in [0.25, 0.3) is 0 Å². The van der Waals surface area contributed by atoms with Gasteiger partial charge in [0.25, 0.3) is 0 Å². The van der Waals surface area contributed by atoms with Crippen molar-refractivity contribution in [2.75, 3.05) is 19.0 Å². The van der Waals surface area contributed by atoms with Crippen molar-refractivity contribution in [3.8, 4) is 6.07 Å². The Balaban J connectivity index is 2.94. The van der Waals surface area contributed by atoms with Gasteiger partial charge in [-0.15, -0.1) is 0 Å². The maximum atomic E-state index is 9.38. The van der Waals surface area contributed by atoms with Crippen LogP contribution in [0.4, 0.5) is 5.69 Å². The molecular weight excluding hydrogens is 236 g/mol. The molecule has 0 aromatic heterocycles. The van der Waals surface area contributed by atoms with E-state index in [1.54, 1.807) is 19.2 Å². The van der Waals surface area contributed by atoms with Gasteiger partial charge in [0, 0.05) is 17.8 Å². The summed E-state index contributed by atoms with van der Waals surface area (Å²) in [4.78, 5) is 0. The van der Waals surface area contributed by atoms with Gasteiger partial charge in [-0.25, -0.2) is 0 Å². The predicted molar refractivity (Wildman–Crippen MR) is 70.1 cm³/mol. The quantitative estimate of drug-likeness (QED) is 0.874. The van der Waals surface area contributed by atoms with Crippen LogP contribution in [-0.2, 0) is 4.74 Å². The number of halogens is 1. The topological polar surface area (TPSA) is 45.0 Å². The van der Waals surface area contributed by atoms with Crippen LogP contribution in [-0.4, -0.2) is 19.3 Å². The van der Waals surface area contributed by atoms with Gasteiger partial charge < -0.3 is 10.1 Å². The minimum Gasteiger partial charge on any atom is -0.381 e. The molecule has 1 atom stereocenters. The Hall–Kier alpha value is -1.24. The zero-order valence-electron chi connectivity index (χ0n) is 10.3. The summed E-state index contributed by atoms with van der Waals surface area (Å²) < 4.78 is 5.14. The molecule has 92 valence electrons. The molecule has 0 saturated heterocycles. The number of anilines is 1. The second kappa shape index (κ2) is 5.90. The Morgan fingerprint density at radius 2 is 2.00 bits per heavy atom. The van der Waals surface area contributed by atoms with Crippen molar-refractivity contribution in [3.63, 3.8) is 0 Å². The first-order valence-electron chi connectivity index (χ1n) is 5.48. The first-order valence-corrected chi connectivity index (χ1v) is 5.86. The SMILES string of the molecule is COCC(C#N)(Nc1ccc(Cl)cc1)C(C)C. The lowest BCUT2D eigenvalue weighted by Gasteiger charge is -2.32. The third-order valence-corrected chi connectivity index (χ3v) is 3.02. The Kier molecular flexibility index (Phi) is 4.80. The van der Waals surface area contributed by atoms with Crippen LogP contribution in [0.2, 0.25) is 5.02 Å². The third kappa shape index (κ3) is 3.36. The number of hydrogen-bond donors (Lipinski definition) is 1. The van der Waals surface area contributed by atoms with Gasteiger partial charge in [0.2, 0.25) is 0 Å². The Labute approximate surface area is 107 Å². The fourth-order valence-corrected chi connectivity index (χ4v) is 1.68. The van der Waals surface area contributed by atoms with Crippen molar-refractivity contribution in [2.45, 2.75) is 19.4 Å². The van der Waals surface area contributed by atoms with Crippen LogP contribution in [0.15, 0.2) is 24.3 Å². The highest BCUT2D eigenvalue weighted by molar-refractivity contribution is 6.30. The Morgan fingerprint density at radius 1 is 1.41 bits per heavy atom. The van der Waals surface area contributed by atoms with E-state index in [0.717, 1.165) is 5.69 Å². The summed E-state index contributed by atoms with van der Waals surface area (Å²) in [6, 6.07) is 9.60. The number of methoxy groups -OCH3 is 1. The molecule has 1 rings (SSSR count). The molecule has 0 aliphatic carbocycles. The van der Waals surface area contributed by atoms with Crippen LogP contribution in [0.5, 0.6) is 0 Å². The fraction of sp³-hybridized carbons (Fsp3) is 0.462. The summed E-state index contributed by atoms with van der Waals surface area (Å²) in [5.74, 6) is 0.128. The summed E-state index contributed by atoms with van der Waals surface area (Å²) in [7, 11) is 1.60. The third-order valence-electron chi connectivity index (χ3n) is 2.77. The largest absolute Gasteiger partial charge is 0.381 e. The number of nitrogens with one attached hydrogen (secondary N) is 1. The summed E-state index contributed by atoms with van der Waals surface area (Å²) in [6.45, 7) is 4.32. The molecule has 0 aliphatic heterocycles. The van der Waals surface area contributed by atoms with Crippen molar-refractivity contribution >= 4 is 17.3 Å². The van der Waals surface area contributed by atoms with E-state index in [1.165, 1.54) is 0 Å². The lowest BCUT2D eigenvalue weighted by Crippen LogP contribution is -2.46. The molecular formula is C13H17ClN2O. The molecule has 1 N–H and O–H groups in total. The molecule has 0 saturated carbocycles. The first kappa shape index (κ1) is 13.8. The van der Waals surface area contributed by atoms with Crippen molar-refractivity contribution in [1.82, 2.24) is 0 Å². The molecule has 0 fully saturated rings. The van der Waals surface area contributed by atoms with E-state index in [9.17, 15) is 5.26 Å². The van der Waals surface area contributed by atoms with Gasteiger partial charge in [-0.2, -0.15) is 5.26 Å². The minimum atomic E-state index is -0.720. The first-order chi connectivity index (χ1) is 8.04. The van der Waals surface area contributed by atoms with Crippen molar-refractivity contribution in [1.29, 1.82) is 5.26 Å². The van der Waals surface area contributed by atoms with Gasteiger partial charge in [0.15, 0.2) is 5.54 Å². The van der Waals surface area contributed by atoms with Gasteiger partial charge in [-0.1, -0.05) is 25.4 Å². The summed E-state index contributed by atoms with van der Waals surface area (Å²) in [5, 5.41) is 13.3. The monoisotopic (exact) mass is 252 g/mol. The van der Waals surface area contributed by atoms with Crippen LogP contribution in [0, 0.1) is 17.2 Å². The summed E-state index contributed by atoms with van der Waals surface area (Å²) >= 11 is 5.82. The van der Waals surface area contributed by atoms with Gasteiger partial charge in [0.05, 0.1) is 12.7 Å². The second-order valence-electron chi connectivity index (χ2n) is 4.30. The molecule has 3 nitrogen and oxygen atoms in total. The minimum absolute atomic E-state index is 0.128. The molecule has 0 bridgehead atoms. The molecule has 4 heteroatoms. The number of nitrogens with zero attached hydrogens (tertiary/aromatic N) is 1. The van der Waals surface area contributed by atoms with E-state index in [1.807, 2.05) is 26.0 Å². The highest BCUT2D eigenvalue weighted by Gasteiger charge is 2.34. The van der Waals surface area contributed by atoms with Gasteiger partial charge in [-0.3, -0.25) is 0 Å². The summed E-state index contributed by atoms with van der Waals surface area (Å²) in [5.41, 5.74) is 0.143. The lowest BCUT2D eigenvalue weighted by atomic mass is 9.88. The Morgan fingerprint density at radius 3 is 2.41 bits per heavy atom. The maximum absolute atomic E-state index is 9.38. The normalized spacial score (nSPS) is 14.1. The van der Waals surface area contributed by atoms with Gasteiger partial charge >= 0.3 is 0 Å². The standard InChI is InChI=1S/C13H17ClN2O/c1-10(2)13(8-15,9-17-3)16-12-6-4-11(14)5-7-12/h4-7,10,16H,9H2,1-3H3. The van der Waals surface area contributed by atoms with Crippen LogP contribution < -0.4 is 5.32 Å². The van der Waals surface area contributed by atoms with Crippen LogP contribution >= 0.6 is 11.6 Å². The maximum Gasteiger partial charge on any atom is 0.151 e.